The number of carbonyl (C=O) groups excluding carboxylic acids is 1. The van der Waals surface area contributed by atoms with Crippen LogP contribution in [0.5, 0.6) is 0 Å². The Balaban J connectivity index is 2.67. The van der Waals surface area contributed by atoms with Crippen LogP contribution in [0.2, 0.25) is 5.02 Å². The summed E-state index contributed by atoms with van der Waals surface area (Å²) in [5, 5.41) is 3.08. The Labute approximate surface area is 106 Å². The number of nitrogen functional groups attached to an aromatic ring is 1. The first-order chi connectivity index (χ1) is 8.04. The molecule has 0 aliphatic heterocycles. The van der Waals surface area contributed by atoms with Crippen molar-refractivity contribution in [3.63, 3.8) is 0 Å². The van der Waals surface area contributed by atoms with Crippen LogP contribution in [0, 0.1) is 5.92 Å². The van der Waals surface area contributed by atoms with E-state index < -0.39 is 0 Å². The van der Waals surface area contributed by atoms with Crippen LogP contribution in [0.1, 0.15) is 30.8 Å². The van der Waals surface area contributed by atoms with Crippen LogP contribution >= 0.6 is 11.6 Å². The standard InChI is InChI=1S/C11H17ClN4O/c1-7(2)5-6-14-11(17)10-8(12)3-4-9(15-10)16-13/h3-4,7H,5-6,13H2,1-2H3,(H,14,17)(H,15,16). The molecule has 0 saturated carbocycles. The number of carbonyl (C=O) groups is 1. The highest BCUT2D eigenvalue weighted by Gasteiger charge is 2.12. The van der Waals surface area contributed by atoms with Crippen LogP contribution in [0.3, 0.4) is 0 Å². The van der Waals surface area contributed by atoms with E-state index in [0.29, 0.717) is 23.3 Å². The van der Waals surface area contributed by atoms with Crippen LogP contribution in [0.4, 0.5) is 5.82 Å². The number of rotatable bonds is 5. The first kappa shape index (κ1) is 13.7. The fourth-order valence-corrected chi connectivity index (χ4v) is 1.43. The topological polar surface area (TPSA) is 80.0 Å². The van der Waals surface area contributed by atoms with Gasteiger partial charge < -0.3 is 10.7 Å². The van der Waals surface area contributed by atoms with Crippen molar-refractivity contribution < 1.29 is 4.79 Å². The van der Waals surface area contributed by atoms with Crippen molar-refractivity contribution in [1.29, 1.82) is 0 Å². The maximum Gasteiger partial charge on any atom is 0.271 e. The molecule has 0 bridgehead atoms. The van der Waals surface area contributed by atoms with Gasteiger partial charge in [-0.1, -0.05) is 25.4 Å². The summed E-state index contributed by atoms with van der Waals surface area (Å²) < 4.78 is 0. The lowest BCUT2D eigenvalue weighted by Gasteiger charge is -2.08. The highest BCUT2D eigenvalue weighted by Crippen LogP contribution is 2.16. The fraction of sp³-hybridized carbons (Fsp3) is 0.455. The molecule has 0 aromatic carbocycles. The molecule has 1 aromatic heterocycles. The van der Waals surface area contributed by atoms with Gasteiger partial charge in [0.05, 0.1) is 5.02 Å². The van der Waals surface area contributed by atoms with Crippen molar-refractivity contribution in [1.82, 2.24) is 10.3 Å². The molecule has 0 aliphatic carbocycles. The quantitative estimate of drug-likeness (QED) is 0.554. The Morgan fingerprint density at radius 1 is 1.53 bits per heavy atom. The summed E-state index contributed by atoms with van der Waals surface area (Å²) in [6.07, 6.45) is 0.915. The lowest BCUT2D eigenvalue weighted by Crippen LogP contribution is -2.27. The highest BCUT2D eigenvalue weighted by atomic mass is 35.5. The molecule has 0 radical (unpaired) electrons. The summed E-state index contributed by atoms with van der Waals surface area (Å²) in [6, 6.07) is 3.19. The van der Waals surface area contributed by atoms with Gasteiger partial charge in [0.15, 0.2) is 0 Å². The molecule has 5 nitrogen and oxygen atoms in total. The van der Waals surface area contributed by atoms with Crippen LogP contribution in [0.15, 0.2) is 12.1 Å². The van der Waals surface area contributed by atoms with Gasteiger partial charge in [-0.25, -0.2) is 10.8 Å². The predicted molar refractivity (Wildman–Crippen MR) is 68.8 cm³/mol. The van der Waals surface area contributed by atoms with Crippen molar-refractivity contribution in [2.75, 3.05) is 12.0 Å². The Bertz CT molecular complexity index is 395. The summed E-state index contributed by atoms with van der Waals surface area (Å²) >= 11 is 5.90. The van der Waals surface area contributed by atoms with E-state index in [-0.39, 0.29) is 11.6 Å². The van der Waals surface area contributed by atoms with Gasteiger partial charge in [0, 0.05) is 6.54 Å². The normalized spacial score (nSPS) is 10.4. The number of pyridine rings is 1. The van der Waals surface area contributed by atoms with Gasteiger partial charge in [0.2, 0.25) is 0 Å². The second-order valence-corrected chi connectivity index (χ2v) is 4.52. The van der Waals surface area contributed by atoms with E-state index in [1.165, 1.54) is 0 Å². The van der Waals surface area contributed by atoms with Gasteiger partial charge in [-0.15, -0.1) is 0 Å². The number of nitrogens with two attached hydrogens (primary N) is 1. The number of nitrogens with one attached hydrogen (secondary N) is 2. The Morgan fingerprint density at radius 3 is 2.82 bits per heavy atom. The number of anilines is 1. The first-order valence-corrected chi connectivity index (χ1v) is 5.83. The molecule has 0 atom stereocenters. The van der Waals surface area contributed by atoms with Gasteiger partial charge in [-0.3, -0.25) is 4.79 Å². The molecule has 4 N–H and O–H groups in total. The molecule has 0 saturated heterocycles. The maximum atomic E-state index is 11.8. The van der Waals surface area contributed by atoms with Crippen LogP contribution in [0.25, 0.3) is 0 Å². The molecule has 6 heteroatoms. The molecule has 1 amide bonds. The lowest BCUT2D eigenvalue weighted by atomic mass is 10.1. The van der Waals surface area contributed by atoms with Crippen LogP contribution in [-0.2, 0) is 0 Å². The monoisotopic (exact) mass is 256 g/mol. The predicted octanol–water partition coefficient (Wildman–Crippen LogP) is 1.80. The number of hydrogen-bond acceptors (Lipinski definition) is 4. The van der Waals surface area contributed by atoms with Gasteiger partial charge in [0.25, 0.3) is 5.91 Å². The zero-order valence-corrected chi connectivity index (χ0v) is 10.7. The summed E-state index contributed by atoms with van der Waals surface area (Å²) in [6.45, 7) is 4.79. The van der Waals surface area contributed by atoms with Gasteiger partial charge in [-0.05, 0) is 24.5 Å². The molecule has 0 aliphatic rings. The molecule has 0 unspecified atom stereocenters. The molecule has 94 valence electrons. The number of halogens is 1. The van der Waals surface area contributed by atoms with E-state index in [1.54, 1.807) is 12.1 Å². The van der Waals surface area contributed by atoms with Crippen molar-refractivity contribution in [3.05, 3.63) is 22.8 Å². The number of hydrogen-bond donors (Lipinski definition) is 3. The minimum atomic E-state index is -0.284. The van der Waals surface area contributed by atoms with Crippen LogP contribution < -0.4 is 16.6 Å². The fourth-order valence-electron chi connectivity index (χ4n) is 1.24. The largest absolute Gasteiger partial charge is 0.351 e. The molecular formula is C11H17ClN4O. The van der Waals surface area contributed by atoms with Crippen molar-refractivity contribution >= 4 is 23.3 Å². The second-order valence-electron chi connectivity index (χ2n) is 4.11. The van der Waals surface area contributed by atoms with E-state index in [0.717, 1.165) is 6.42 Å². The maximum absolute atomic E-state index is 11.8. The van der Waals surface area contributed by atoms with E-state index in [9.17, 15) is 4.79 Å². The minimum Gasteiger partial charge on any atom is -0.351 e. The number of amides is 1. The number of hydrazine groups is 1. The third-order valence-electron chi connectivity index (χ3n) is 2.22. The third kappa shape index (κ3) is 4.20. The zero-order chi connectivity index (χ0) is 12.8. The van der Waals surface area contributed by atoms with Crippen molar-refractivity contribution in [2.45, 2.75) is 20.3 Å². The van der Waals surface area contributed by atoms with Crippen LogP contribution in [-0.4, -0.2) is 17.4 Å². The summed E-state index contributed by atoms with van der Waals surface area (Å²) in [5.41, 5.74) is 2.56. The molecule has 1 aromatic rings. The second kappa shape index (κ2) is 6.42. The van der Waals surface area contributed by atoms with Gasteiger partial charge in [0.1, 0.15) is 11.5 Å². The average Bonchev–Trinajstić information content (AvgIpc) is 2.29. The molecule has 17 heavy (non-hydrogen) atoms. The van der Waals surface area contributed by atoms with Gasteiger partial charge >= 0.3 is 0 Å². The minimum absolute atomic E-state index is 0.186. The molecule has 0 fully saturated rings. The highest BCUT2D eigenvalue weighted by molar-refractivity contribution is 6.33. The zero-order valence-electron chi connectivity index (χ0n) is 9.96. The Kier molecular flexibility index (Phi) is 5.18. The van der Waals surface area contributed by atoms with E-state index >= 15 is 0 Å². The van der Waals surface area contributed by atoms with Gasteiger partial charge in [-0.2, -0.15) is 0 Å². The van der Waals surface area contributed by atoms with E-state index in [1.807, 2.05) is 0 Å². The molecule has 0 spiro atoms. The summed E-state index contributed by atoms with van der Waals surface area (Å²) in [5.74, 6) is 5.88. The number of aromatic nitrogens is 1. The smallest absolute Gasteiger partial charge is 0.271 e. The summed E-state index contributed by atoms with van der Waals surface area (Å²) in [7, 11) is 0. The molecular weight excluding hydrogens is 240 g/mol. The third-order valence-corrected chi connectivity index (χ3v) is 2.52. The number of nitrogens with zero attached hydrogens (tertiary/aromatic N) is 1. The summed E-state index contributed by atoms with van der Waals surface area (Å²) in [4.78, 5) is 15.8. The Morgan fingerprint density at radius 2 is 2.24 bits per heavy atom. The van der Waals surface area contributed by atoms with E-state index in [4.69, 9.17) is 17.4 Å². The molecule has 1 rings (SSSR count). The van der Waals surface area contributed by atoms with E-state index in [2.05, 4.69) is 29.6 Å². The van der Waals surface area contributed by atoms with Crippen molar-refractivity contribution in [2.24, 2.45) is 11.8 Å². The SMILES string of the molecule is CC(C)CCNC(=O)c1nc(NN)ccc1Cl. The van der Waals surface area contributed by atoms with Crippen molar-refractivity contribution in [3.8, 4) is 0 Å². The molecule has 1 heterocycles. The first-order valence-electron chi connectivity index (χ1n) is 5.46. The Hall–Kier alpha value is -1.33. The lowest BCUT2D eigenvalue weighted by molar-refractivity contribution is 0.0947. The average molecular weight is 257 g/mol.